The smallest absolute Gasteiger partial charge is 0.333 e. The van der Waals surface area contributed by atoms with Crippen molar-refractivity contribution >= 4 is 21.8 Å². The summed E-state index contributed by atoms with van der Waals surface area (Å²) in [6.45, 7) is 7.56. The van der Waals surface area contributed by atoms with Crippen LogP contribution in [0.1, 0.15) is 32.8 Å². The Morgan fingerprint density at radius 2 is 1.67 bits per heavy atom. The van der Waals surface area contributed by atoms with Crippen LogP contribution in [0.3, 0.4) is 0 Å². The van der Waals surface area contributed by atoms with E-state index in [1.54, 1.807) is 26.0 Å². The van der Waals surface area contributed by atoms with E-state index in [1.807, 2.05) is 0 Å². The van der Waals surface area contributed by atoms with E-state index in [0.29, 0.717) is 6.42 Å². The van der Waals surface area contributed by atoms with Crippen LogP contribution in [0.4, 0.5) is 0 Å². The molecule has 1 N–H and O–H groups in total. The van der Waals surface area contributed by atoms with E-state index in [0.717, 1.165) is 5.56 Å². The Bertz CT molecular complexity index is 764. The summed E-state index contributed by atoms with van der Waals surface area (Å²) in [6, 6.07) is 6.37. The molecule has 1 aromatic rings. The fourth-order valence-electron chi connectivity index (χ4n) is 1.97. The summed E-state index contributed by atoms with van der Waals surface area (Å²) in [4.78, 5) is 23.2. The van der Waals surface area contributed by atoms with Crippen LogP contribution in [0.5, 0.6) is 0 Å². The Morgan fingerprint density at radius 1 is 1.11 bits per heavy atom. The molecule has 0 bridgehead atoms. The average molecular weight is 398 g/mol. The predicted octanol–water partition coefficient (Wildman–Crippen LogP) is 1.82. The largest absolute Gasteiger partial charge is 0.463 e. The minimum atomic E-state index is -3.32. The van der Waals surface area contributed by atoms with Crippen molar-refractivity contribution in [2.45, 2.75) is 49.9 Å². The fourth-order valence-corrected chi connectivity index (χ4v) is 3.03. The summed E-state index contributed by atoms with van der Waals surface area (Å²) in [5.74, 6) is -1.14. The van der Waals surface area contributed by atoms with Crippen LogP contribution in [-0.2, 0) is 35.3 Å². The van der Waals surface area contributed by atoms with Crippen LogP contribution in [0.25, 0.3) is 0 Å². The van der Waals surface area contributed by atoms with Gasteiger partial charge in [-0.15, -0.1) is 0 Å². The Balaban J connectivity index is 2.40. The van der Waals surface area contributed by atoms with Gasteiger partial charge in [-0.25, -0.2) is 13.2 Å². The highest BCUT2D eigenvalue weighted by Crippen LogP contribution is 2.17. The molecule has 27 heavy (non-hydrogen) atoms. The minimum Gasteiger partial charge on any atom is -0.463 e. The highest BCUT2D eigenvalue weighted by Gasteiger charge is 2.18. The molecular weight excluding hydrogens is 372 g/mol. The van der Waals surface area contributed by atoms with Crippen LogP contribution in [0.15, 0.2) is 41.3 Å². The summed E-state index contributed by atoms with van der Waals surface area (Å²) in [6.07, 6.45) is -0.659. The molecule has 8 heteroatoms. The van der Waals surface area contributed by atoms with Gasteiger partial charge in [-0.1, -0.05) is 18.7 Å². The first kappa shape index (κ1) is 22.9. The summed E-state index contributed by atoms with van der Waals surface area (Å²) < 4.78 is 33.8. The van der Waals surface area contributed by atoms with Crippen LogP contribution >= 0.6 is 0 Å². The lowest BCUT2D eigenvalue weighted by Crippen LogP contribution is -2.25. The minimum absolute atomic E-state index is 0.0779. The van der Waals surface area contributed by atoms with E-state index in [2.05, 4.69) is 6.58 Å². The standard InChI is InChI=1S/C19H26O7S/c1-13(2)19(22)26-12-16(20)11-25-18(21)10-7-15-5-8-17(9-6-15)27(23,24)14(3)4/h5-6,8-9,14,16,20H,1,7,10-12H2,2-4H3. The number of benzene rings is 1. The lowest BCUT2D eigenvalue weighted by molar-refractivity contribution is -0.150. The maximum absolute atomic E-state index is 12.1. The summed E-state index contributed by atoms with van der Waals surface area (Å²) in [5, 5.41) is 9.12. The molecule has 0 aliphatic rings. The van der Waals surface area contributed by atoms with Gasteiger partial charge in [0.15, 0.2) is 9.84 Å². The van der Waals surface area contributed by atoms with Gasteiger partial charge in [0.2, 0.25) is 0 Å². The molecule has 0 fully saturated rings. The quantitative estimate of drug-likeness (QED) is 0.473. The molecule has 150 valence electrons. The lowest BCUT2D eigenvalue weighted by Gasteiger charge is -2.12. The number of sulfone groups is 1. The molecule has 0 aliphatic carbocycles. The van der Waals surface area contributed by atoms with Gasteiger partial charge < -0.3 is 14.6 Å². The number of carbonyl (C=O) groups excluding carboxylic acids is 2. The maximum atomic E-state index is 12.1. The Morgan fingerprint density at radius 3 is 2.19 bits per heavy atom. The monoisotopic (exact) mass is 398 g/mol. The number of hydrogen-bond acceptors (Lipinski definition) is 7. The number of carbonyl (C=O) groups is 2. The lowest BCUT2D eigenvalue weighted by atomic mass is 10.1. The molecule has 1 atom stereocenters. The van der Waals surface area contributed by atoms with Gasteiger partial charge in [-0.3, -0.25) is 4.79 Å². The molecule has 0 spiro atoms. The molecule has 7 nitrogen and oxygen atoms in total. The van der Waals surface area contributed by atoms with Gasteiger partial charge in [0, 0.05) is 12.0 Å². The predicted molar refractivity (Wildman–Crippen MR) is 99.8 cm³/mol. The highest BCUT2D eigenvalue weighted by atomic mass is 32.2. The second kappa shape index (κ2) is 10.2. The van der Waals surface area contributed by atoms with Crippen molar-refractivity contribution in [1.29, 1.82) is 0 Å². The third kappa shape index (κ3) is 7.52. The Labute approximate surface area is 159 Å². The van der Waals surface area contributed by atoms with Gasteiger partial charge in [0.1, 0.15) is 19.3 Å². The second-order valence-corrected chi connectivity index (χ2v) is 8.96. The number of aliphatic hydroxyl groups is 1. The van der Waals surface area contributed by atoms with Crippen molar-refractivity contribution in [2.75, 3.05) is 13.2 Å². The fraction of sp³-hybridized carbons (Fsp3) is 0.474. The molecule has 1 unspecified atom stereocenters. The molecule has 0 amide bonds. The third-order valence-electron chi connectivity index (χ3n) is 3.68. The molecule has 0 saturated carbocycles. The van der Waals surface area contributed by atoms with Crippen LogP contribution in [0, 0.1) is 0 Å². The summed E-state index contributed by atoms with van der Waals surface area (Å²) in [7, 11) is -3.32. The normalized spacial score (nSPS) is 12.5. The van der Waals surface area contributed by atoms with E-state index in [4.69, 9.17) is 9.47 Å². The average Bonchev–Trinajstić information content (AvgIpc) is 2.62. The first-order chi connectivity index (χ1) is 12.5. The number of aryl methyl sites for hydroxylation is 1. The molecular formula is C19H26O7S. The Kier molecular flexibility index (Phi) is 8.65. The van der Waals surface area contributed by atoms with Crippen molar-refractivity contribution in [3.8, 4) is 0 Å². The Hall–Kier alpha value is -2.19. The maximum Gasteiger partial charge on any atom is 0.333 e. The molecule has 1 rings (SSSR count). The van der Waals surface area contributed by atoms with Gasteiger partial charge in [0.05, 0.1) is 10.1 Å². The molecule has 0 aromatic heterocycles. The van der Waals surface area contributed by atoms with Gasteiger partial charge in [-0.05, 0) is 44.9 Å². The third-order valence-corrected chi connectivity index (χ3v) is 5.85. The van der Waals surface area contributed by atoms with E-state index >= 15 is 0 Å². The zero-order valence-corrected chi connectivity index (χ0v) is 16.6. The number of hydrogen-bond donors (Lipinski definition) is 1. The molecule has 0 radical (unpaired) electrons. The van der Waals surface area contributed by atoms with Crippen molar-refractivity contribution in [3.05, 3.63) is 42.0 Å². The molecule has 1 aromatic carbocycles. The molecule has 0 heterocycles. The van der Waals surface area contributed by atoms with E-state index in [1.165, 1.54) is 19.1 Å². The van der Waals surface area contributed by atoms with Gasteiger partial charge >= 0.3 is 11.9 Å². The van der Waals surface area contributed by atoms with Crippen molar-refractivity contribution in [2.24, 2.45) is 0 Å². The van der Waals surface area contributed by atoms with Crippen molar-refractivity contribution in [3.63, 3.8) is 0 Å². The molecule has 0 aliphatic heterocycles. The molecule has 0 saturated heterocycles. The van der Waals surface area contributed by atoms with E-state index in [-0.39, 0.29) is 30.1 Å². The highest BCUT2D eigenvalue weighted by molar-refractivity contribution is 7.92. The zero-order valence-electron chi connectivity index (χ0n) is 15.8. The number of aliphatic hydroxyl groups excluding tert-OH is 1. The number of rotatable bonds is 10. The summed E-state index contributed by atoms with van der Waals surface area (Å²) >= 11 is 0. The van der Waals surface area contributed by atoms with Gasteiger partial charge in [-0.2, -0.15) is 0 Å². The van der Waals surface area contributed by atoms with Crippen molar-refractivity contribution in [1.82, 2.24) is 0 Å². The number of ether oxygens (including phenoxy) is 2. The SMILES string of the molecule is C=C(C)C(=O)OCC(O)COC(=O)CCc1ccc(S(=O)(=O)C(C)C)cc1. The first-order valence-corrected chi connectivity index (χ1v) is 10.1. The second-order valence-electron chi connectivity index (χ2n) is 6.45. The van der Waals surface area contributed by atoms with E-state index in [9.17, 15) is 23.1 Å². The van der Waals surface area contributed by atoms with Crippen LogP contribution in [-0.4, -0.2) is 50.0 Å². The topological polar surface area (TPSA) is 107 Å². The zero-order chi connectivity index (χ0) is 20.6. The van der Waals surface area contributed by atoms with E-state index < -0.39 is 33.1 Å². The van der Waals surface area contributed by atoms with Gasteiger partial charge in [0.25, 0.3) is 0 Å². The first-order valence-electron chi connectivity index (χ1n) is 8.53. The summed E-state index contributed by atoms with van der Waals surface area (Å²) in [5.41, 5.74) is 1.01. The van der Waals surface area contributed by atoms with Crippen LogP contribution in [0.2, 0.25) is 0 Å². The van der Waals surface area contributed by atoms with Crippen LogP contribution < -0.4 is 0 Å². The number of esters is 2. The van der Waals surface area contributed by atoms with Crippen molar-refractivity contribution < 1.29 is 32.6 Å².